The molecule has 1 aliphatic carbocycles. The van der Waals surface area contributed by atoms with Crippen LogP contribution in [0.15, 0.2) is 34.9 Å². The fourth-order valence-corrected chi connectivity index (χ4v) is 3.60. The van der Waals surface area contributed by atoms with Gasteiger partial charge in [-0.15, -0.1) is 6.92 Å². The molecule has 1 atom stereocenters. The van der Waals surface area contributed by atoms with Crippen LogP contribution in [0.2, 0.25) is 19.6 Å². The number of phenols is 1. The van der Waals surface area contributed by atoms with Crippen molar-refractivity contribution in [2.24, 2.45) is 5.92 Å². The fourth-order valence-electron chi connectivity index (χ4n) is 2.36. The molecule has 0 spiro atoms. The molecule has 1 aromatic carbocycles. The molecule has 153 valence electrons. The van der Waals surface area contributed by atoms with Crippen LogP contribution in [0.25, 0.3) is 0 Å². The molecule has 0 amide bonds. The molecule has 0 aliphatic heterocycles. The molecule has 27 heavy (non-hydrogen) atoms. The predicted octanol–water partition coefficient (Wildman–Crippen LogP) is -0.279. The van der Waals surface area contributed by atoms with Crippen LogP contribution in [0.4, 0.5) is 0 Å². The summed E-state index contributed by atoms with van der Waals surface area (Å²) in [6.07, 6.45) is 3.36. The van der Waals surface area contributed by atoms with Crippen LogP contribution in [0.3, 0.4) is 0 Å². The van der Waals surface area contributed by atoms with Crippen LogP contribution in [0, 0.1) is 18.9 Å². The molecule has 1 aliphatic rings. The molecule has 0 saturated carbocycles. The van der Waals surface area contributed by atoms with Crippen LogP contribution >= 0.6 is 0 Å². The number of aromatic hydroxyl groups is 1. The van der Waals surface area contributed by atoms with Crippen LogP contribution in [0.1, 0.15) is 47.1 Å². The Morgan fingerprint density at radius 3 is 1.67 bits per heavy atom. The van der Waals surface area contributed by atoms with Gasteiger partial charge in [-0.05, 0) is 24.6 Å². The molecule has 0 fully saturated rings. The van der Waals surface area contributed by atoms with E-state index in [0.717, 1.165) is 5.56 Å². The van der Waals surface area contributed by atoms with Gasteiger partial charge in [0.05, 0.1) is 8.07 Å². The Kier molecular flexibility index (Phi) is 16.3. The number of phenolic OH excluding ortho intramolecular Hbond substituents is 1. The second-order valence-corrected chi connectivity index (χ2v) is 14.7. The van der Waals surface area contributed by atoms with Crippen molar-refractivity contribution >= 4 is 17.1 Å². The van der Waals surface area contributed by atoms with Gasteiger partial charge in [-0.25, -0.2) is 5.57 Å². The van der Waals surface area contributed by atoms with Crippen molar-refractivity contribution in [1.82, 2.24) is 0 Å². The van der Waals surface area contributed by atoms with E-state index in [4.69, 9.17) is 0 Å². The van der Waals surface area contributed by atoms with Crippen LogP contribution in [-0.2, 0) is 20.0 Å². The molecule has 0 aromatic heterocycles. The summed E-state index contributed by atoms with van der Waals surface area (Å²) >= 11 is 2.08. The van der Waals surface area contributed by atoms with E-state index < -0.39 is 8.07 Å². The molecule has 5 heteroatoms. The van der Waals surface area contributed by atoms with Crippen molar-refractivity contribution in [3.05, 3.63) is 46.6 Å². The van der Waals surface area contributed by atoms with Gasteiger partial charge >= 0.3 is 37.6 Å². The first kappa shape index (κ1) is 31.6. The third kappa shape index (κ3) is 12.9. The first-order valence-corrected chi connectivity index (χ1v) is 13.1. The van der Waals surface area contributed by atoms with Crippen molar-refractivity contribution in [2.75, 3.05) is 0 Å². The van der Waals surface area contributed by atoms with Gasteiger partial charge in [-0.3, -0.25) is 6.08 Å². The average Bonchev–Trinajstić information content (AvgIpc) is 2.63. The topological polar surface area (TPSA) is 20.2 Å². The number of hydrogen-bond donors (Lipinski definition) is 1. The minimum atomic E-state index is -1.26. The van der Waals surface area contributed by atoms with E-state index in [-0.39, 0.29) is 24.8 Å². The minimum Gasteiger partial charge on any atom is -1.00 e. The Morgan fingerprint density at radius 2 is 1.44 bits per heavy atom. The average molecular weight is 462 g/mol. The van der Waals surface area contributed by atoms with E-state index in [0.29, 0.717) is 11.7 Å². The zero-order chi connectivity index (χ0) is 19.9. The van der Waals surface area contributed by atoms with Gasteiger partial charge in [-0.2, -0.15) is 11.1 Å². The summed E-state index contributed by atoms with van der Waals surface area (Å²) in [7, 11) is -1.26. The van der Waals surface area contributed by atoms with Gasteiger partial charge in [0.2, 0.25) is 0 Å². The number of allylic oxidation sites excluding steroid dienone is 4. The van der Waals surface area contributed by atoms with E-state index in [1.165, 1.54) is 25.7 Å². The van der Waals surface area contributed by atoms with Crippen LogP contribution < -0.4 is 30.0 Å². The smallest absolute Gasteiger partial charge is 0.115 e. The van der Waals surface area contributed by atoms with E-state index in [1.54, 1.807) is 6.07 Å². The molecule has 0 saturated heterocycles. The first-order valence-electron chi connectivity index (χ1n) is 8.86. The Hall–Kier alpha value is -0.119. The van der Waals surface area contributed by atoms with E-state index >= 15 is 0 Å². The zero-order valence-corrected chi connectivity index (χ0v) is 22.6. The Bertz CT molecular complexity index is 649. The van der Waals surface area contributed by atoms with Crippen molar-refractivity contribution in [3.63, 3.8) is 0 Å². The number of rotatable bonds is 1. The van der Waals surface area contributed by atoms with Crippen molar-refractivity contribution in [1.29, 1.82) is 0 Å². The quantitative estimate of drug-likeness (QED) is 0.450. The maximum absolute atomic E-state index is 9.38. The zero-order valence-electron chi connectivity index (χ0n) is 18.5. The van der Waals surface area contributed by atoms with Gasteiger partial charge in [0.1, 0.15) is 5.75 Å². The first-order chi connectivity index (χ1) is 11.3. The van der Waals surface area contributed by atoms with Gasteiger partial charge in [0.15, 0.2) is 0 Å². The SMILES string of the molecule is CC1=[C-]C(C)C(C)=C1C.C[C](C)=[Ti+].Cc1cc(O)cc([Si](C)(C)C)c1.[Cl-].[Cl-]. The fraction of sp³-hybridized carbons (Fsp3) is 0.500. The normalized spacial score (nSPS) is 15.3. The van der Waals surface area contributed by atoms with Crippen molar-refractivity contribution in [2.45, 2.75) is 68.1 Å². The molecular weight excluding hydrogens is 427 g/mol. The van der Waals surface area contributed by atoms with Crippen molar-refractivity contribution < 1.29 is 49.9 Å². The molecular formula is C22H35Cl2OSiTi-2. The van der Waals surface area contributed by atoms with Gasteiger partial charge in [0, 0.05) is 0 Å². The maximum atomic E-state index is 9.38. The van der Waals surface area contributed by atoms with Crippen LogP contribution in [-0.4, -0.2) is 17.0 Å². The molecule has 2 rings (SSSR count). The monoisotopic (exact) mass is 461 g/mol. The number of aryl methyl sites for hydroxylation is 1. The summed E-state index contributed by atoms with van der Waals surface area (Å²) in [5.74, 6) is 0.956. The van der Waals surface area contributed by atoms with E-state index in [9.17, 15) is 5.11 Å². The molecule has 1 nitrogen and oxygen atoms in total. The third-order valence-corrected chi connectivity index (χ3v) is 6.19. The molecule has 0 heterocycles. The number of hydrogen-bond acceptors (Lipinski definition) is 1. The van der Waals surface area contributed by atoms with E-state index in [1.807, 2.05) is 13.0 Å². The van der Waals surface area contributed by atoms with Gasteiger partial charge in [-0.1, -0.05) is 57.6 Å². The van der Waals surface area contributed by atoms with E-state index in [2.05, 4.69) is 93.3 Å². The van der Waals surface area contributed by atoms with Gasteiger partial charge < -0.3 is 29.9 Å². The summed E-state index contributed by atoms with van der Waals surface area (Å²) in [4.78, 5) is 0. The molecule has 1 unspecified atom stereocenters. The number of benzene rings is 1. The maximum Gasteiger partial charge on any atom is 0.115 e. The van der Waals surface area contributed by atoms with Crippen molar-refractivity contribution in [3.8, 4) is 5.75 Å². The van der Waals surface area contributed by atoms with Gasteiger partial charge in [0.25, 0.3) is 0 Å². The Balaban J connectivity index is -0.000000343. The molecule has 1 aromatic rings. The third-order valence-electron chi connectivity index (χ3n) is 4.16. The van der Waals surface area contributed by atoms with Crippen LogP contribution in [0.5, 0.6) is 5.75 Å². The summed E-state index contributed by atoms with van der Waals surface area (Å²) < 4.78 is 1.42. The molecule has 0 bridgehead atoms. The second-order valence-electron chi connectivity index (χ2n) is 8.11. The standard InChI is InChI=1S/C10H16OSi.C9H13.C3H6.2ClH.Ti/c1-8-5-9(11)7-10(6-8)12(2,3)4;1-6-5-7(2)9(4)8(6)3;1-3-2;;;/h5-7,11H,1-4H3;6H,1-4H3;1-2H3;2*1H;/q;-1;;;;+1/p-2. The minimum absolute atomic E-state index is 0. The summed E-state index contributed by atoms with van der Waals surface area (Å²) in [6.45, 7) is 21.7. The Morgan fingerprint density at radius 1 is 1.00 bits per heavy atom. The predicted molar refractivity (Wildman–Crippen MR) is 112 cm³/mol. The second kappa shape index (κ2) is 14.0. The largest absolute Gasteiger partial charge is 1.00 e. The summed E-state index contributed by atoms with van der Waals surface area (Å²) in [5.41, 5.74) is 5.39. The Labute approximate surface area is 192 Å². The summed E-state index contributed by atoms with van der Waals surface area (Å²) in [5, 5.41) is 10.7. The summed E-state index contributed by atoms with van der Waals surface area (Å²) in [6, 6.07) is 5.86. The number of halogens is 2. The molecule has 1 N–H and O–H groups in total. The molecule has 0 radical (unpaired) electrons.